The van der Waals surface area contributed by atoms with Gasteiger partial charge in [0.2, 0.25) is 0 Å². The smallest absolute Gasteiger partial charge is 0.189 e. The van der Waals surface area contributed by atoms with Crippen LogP contribution in [-0.2, 0) is 4.74 Å². The monoisotopic (exact) mass is 200 g/mol. The summed E-state index contributed by atoms with van der Waals surface area (Å²) in [6, 6.07) is 9.58. The van der Waals surface area contributed by atoms with E-state index in [1.165, 1.54) is 0 Å². The summed E-state index contributed by atoms with van der Waals surface area (Å²) in [6.45, 7) is 0.942. The molecule has 13 heavy (non-hydrogen) atoms. The maximum atomic E-state index is 5.48. The van der Waals surface area contributed by atoms with E-state index in [1.54, 1.807) is 0 Å². The first kappa shape index (κ1) is 10.4. The summed E-state index contributed by atoms with van der Waals surface area (Å²) < 4.78 is 10.5. The van der Waals surface area contributed by atoms with Crippen LogP contribution in [0.1, 0.15) is 6.42 Å². The molecule has 72 valence electrons. The zero-order valence-corrected chi connectivity index (χ0v) is 8.17. The van der Waals surface area contributed by atoms with Gasteiger partial charge in [-0.2, -0.15) is 0 Å². The van der Waals surface area contributed by atoms with Crippen LogP contribution in [0.4, 0.5) is 0 Å². The summed E-state index contributed by atoms with van der Waals surface area (Å²) in [4.78, 5) is 0. The molecule has 1 aromatic rings. The van der Waals surface area contributed by atoms with Crippen LogP contribution in [0.25, 0.3) is 0 Å². The Morgan fingerprint density at radius 1 is 1.15 bits per heavy atom. The van der Waals surface area contributed by atoms with E-state index in [0.717, 1.165) is 12.2 Å². The Bertz CT molecular complexity index is 213. The third kappa shape index (κ3) is 4.76. The van der Waals surface area contributed by atoms with Crippen molar-refractivity contribution in [1.82, 2.24) is 0 Å². The first-order valence-corrected chi connectivity index (χ1v) is 4.78. The lowest BCUT2D eigenvalue weighted by Gasteiger charge is -2.05. The van der Waals surface area contributed by atoms with Gasteiger partial charge in [-0.15, -0.1) is 11.6 Å². The fourth-order valence-electron chi connectivity index (χ4n) is 0.842. The van der Waals surface area contributed by atoms with Gasteiger partial charge in [-0.1, -0.05) is 18.2 Å². The van der Waals surface area contributed by atoms with Crippen molar-refractivity contribution >= 4 is 11.6 Å². The highest BCUT2D eigenvalue weighted by atomic mass is 35.5. The number of alkyl halides is 1. The highest BCUT2D eigenvalue weighted by molar-refractivity contribution is 6.17. The molecule has 2 nitrogen and oxygen atoms in total. The fraction of sp³-hybridized carbons (Fsp3) is 0.400. The molecule has 0 radical (unpaired) electrons. The zero-order chi connectivity index (χ0) is 9.36. The molecule has 0 aliphatic rings. The van der Waals surface area contributed by atoms with E-state index in [1.807, 2.05) is 30.3 Å². The lowest BCUT2D eigenvalue weighted by Crippen LogP contribution is -2.04. The minimum absolute atomic E-state index is 0.293. The van der Waals surface area contributed by atoms with Crippen molar-refractivity contribution in [3.05, 3.63) is 30.3 Å². The summed E-state index contributed by atoms with van der Waals surface area (Å²) in [5, 5.41) is 0. The molecule has 3 heteroatoms. The van der Waals surface area contributed by atoms with Gasteiger partial charge in [-0.25, -0.2) is 0 Å². The van der Waals surface area contributed by atoms with Crippen molar-refractivity contribution in [3.63, 3.8) is 0 Å². The number of hydrogen-bond acceptors (Lipinski definition) is 2. The predicted octanol–water partition coefficient (Wildman–Crippen LogP) is 2.67. The number of para-hydroxylation sites is 1. The Morgan fingerprint density at radius 3 is 2.62 bits per heavy atom. The number of benzene rings is 1. The van der Waals surface area contributed by atoms with Crippen LogP contribution >= 0.6 is 11.6 Å². The molecule has 1 rings (SSSR count). The first-order chi connectivity index (χ1) is 6.43. The third-order valence-corrected chi connectivity index (χ3v) is 1.74. The number of hydrogen-bond donors (Lipinski definition) is 0. The van der Waals surface area contributed by atoms with Gasteiger partial charge in [0.25, 0.3) is 0 Å². The average molecular weight is 201 g/mol. The Hall–Kier alpha value is -0.730. The van der Waals surface area contributed by atoms with Crippen LogP contribution in [0.3, 0.4) is 0 Å². The van der Waals surface area contributed by atoms with E-state index in [9.17, 15) is 0 Å². The summed E-state index contributed by atoms with van der Waals surface area (Å²) in [5.74, 6) is 1.46. The van der Waals surface area contributed by atoms with Crippen LogP contribution < -0.4 is 4.74 Å². The van der Waals surface area contributed by atoms with E-state index in [-0.39, 0.29) is 0 Å². The average Bonchev–Trinajstić information content (AvgIpc) is 2.19. The third-order valence-electron chi connectivity index (χ3n) is 1.47. The van der Waals surface area contributed by atoms with E-state index in [2.05, 4.69) is 0 Å². The minimum atomic E-state index is 0.293. The molecule has 0 aromatic heterocycles. The van der Waals surface area contributed by atoms with Crippen molar-refractivity contribution < 1.29 is 9.47 Å². The molecule has 0 fully saturated rings. The summed E-state index contributed by atoms with van der Waals surface area (Å²) >= 11 is 5.48. The van der Waals surface area contributed by atoms with Gasteiger partial charge in [0.1, 0.15) is 5.75 Å². The second-order valence-corrected chi connectivity index (χ2v) is 2.90. The molecule has 0 bridgehead atoms. The van der Waals surface area contributed by atoms with E-state index >= 15 is 0 Å². The van der Waals surface area contributed by atoms with E-state index < -0.39 is 0 Å². The van der Waals surface area contributed by atoms with Crippen LogP contribution in [0.5, 0.6) is 5.75 Å². The molecule has 0 N–H and O–H groups in total. The fourth-order valence-corrected chi connectivity index (χ4v) is 0.951. The molecular formula is C10H13ClO2. The SMILES string of the molecule is ClCCCOCOc1ccccc1. The molecule has 0 aliphatic heterocycles. The van der Waals surface area contributed by atoms with Crippen molar-refractivity contribution in [3.8, 4) is 5.75 Å². The quantitative estimate of drug-likeness (QED) is 0.399. The molecule has 0 amide bonds. The van der Waals surface area contributed by atoms with Crippen LogP contribution in [0, 0.1) is 0 Å². The summed E-state index contributed by atoms with van der Waals surface area (Å²) in [5.41, 5.74) is 0. The van der Waals surface area contributed by atoms with Crippen molar-refractivity contribution in [2.75, 3.05) is 19.3 Å². The highest BCUT2D eigenvalue weighted by Gasteiger charge is 1.90. The number of rotatable bonds is 6. The lowest BCUT2D eigenvalue weighted by atomic mass is 10.3. The number of halogens is 1. The van der Waals surface area contributed by atoms with Gasteiger partial charge in [-0.05, 0) is 18.6 Å². The Morgan fingerprint density at radius 2 is 1.92 bits per heavy atom. The Labute approximate surface area is 83.4 Å². The molecule has 0 unspecified atom stereocenters. The summed E-state index contributed by atoms with van der Waals surface area (Å²) in [6.07, 6.45) is 0.861. The topological polar surface area (TPSA) is 18.5 Å². The molecule has 0 saturated heterocycles. The molecular weight excluding hydrogens is 188 g/mol. The first-order valence-electron chi connectivity index (χ1n) is 4.25. The van der Waals surface area contributed by atoms with Crippen molar-refractivity contribution in [2.24, 2.45) is 0 Å². The molecule has 0 saturated carbocycles. The molecule has 1 aromatic carbocycles. The van der Waals surface area contributed by atoms with E-state index in [0.29, 0.717) is 19.3 Å². The standard InChI is InChI=1S/C10H13ClO2/c11-7-4-8-12-9-13-10-5-2-1-3-6-10/h1-3,5-6H,4,7-9H2. The van der Waals surface area contributed by atoms with Crippen LogP contribution in [0.15, 0.2) is 30.3 Å². The van der Waals surface area contributed by atoms with E-state index in [4.69, 9.17) is 21.1 Å². The molecule has 0 heterocycles. The molecule has 0 atom stereocenters. The molecule has 0 spiro atoms. The number of ether oxygens (including phenoxy) is 2. The maximum Gasteiger partial charge on any atom is 0.189 e. The lowest BCUT2D eigenvalue weighted by molar-refractivity contribution is 0.0159. The Balaban J connectivity index is 2.07. The van der Waals surface area contributed by atoms with Crippen LogP contribution in [-0.4, -0.2) is 19.3 Å². The van der Waals surface area contributed by atoms with Gasteiger partial charge in [-0.3, -0.25) is 0 Å². The van der Waals surface area contributed by atoms with Gasteiger partial charge >= 0.3 is 0 Å². The van der Waals surface area contributed by atoms with Crippen molar-refractivity contribution in [1.29, 1.82) is 0 Å². The van der Waals surface area contributed by atoms with Crippen LogP contribution in [0.2, 0.25) is 0 Å². The normalized spacial score (nSPS) is 9.92. The van der Waals surface area contributed by atoms with Gasteiger partial charge in [0.15, 0.2) is 6.79 Å². The van der Waals surface area contributed by atoms with Crippen molar-refractivity contribution in [2.45, 2.75) is 6.42 Å². The second kappa shape index (κ2) is 6.75. The van der Waals surface area contributed by atoms with Gasteiger partial charge in [0.05, 0.1) is 6.61 Å². The maximum absolute atomic E-state index is 5.48. The van der Waals surface area contributed by atoms with Gasteiger partial charge in [0, 0.05) is 5.88 Å². The summed E-state index contributed by atoms with van der Waals surface area (Å²) in [7, 11) is 0. The largest absolute Gasteiger partial charge is 0.468 e. The molecule has 0 aliphatic carbocycles. The zero-order valence-electron chi connectivity index (χ0n) is 7.41. The highest BCUT2D eigenvalue weighted by Crippen LogP contribution is 2.07. The second-order valence-electron chi connectivity index (χ2n) is 2.53. The predicted molar refractivity (Wildman–Crippen MR) is 53.2 cm³/mol. The van der Waals surface area contributed by atoms with Gasteiger partial charge < -0.3 is 9.47 Å². The Kier molecular flexibility index (Phi) is 5.38. The minimum Gasteiger partial charge on any atom is -0.468 e.